The van der Waals surface area contributed by atoms with Crippen LogP contribution in [0.2, 0.25) is 0 Å². The molecule has 0 aliphatic heterocycles. The summed E-state index contributed by atoms with van der Waals surface area (Å²) in [6.07, 6.45) is 2.92. The number of fused-ring (bicyclic) bond motifs is 1. The van der Waals surface area contributed by atoms with E-state index in [0.29, 0.717) is 56.8 Å². The standard InChI is InChI=1S/C30H29F2N9/c1-18-19(12-33)6-5-7-24(18)29(26-16-41(40-39-26)23(10-31)11-32)38-22-8-20(13-34)27-25(9-22)28(21(14-35)15-36-27)37-17-30(2,3)4/h5-9,15-16,23,29,38H,10-11,17H2,1-4H3,(H,36,37)/t29-/m0/s1. The van der Waals surface area contributed by atoms with E-state index in [1.54, 1.807) is 31.2 Å². The number of nitrogens with zero attached hydrogens (tertiary/aromatic N) is 7. The Hall–Kier alpha value is -5.08. The Morgan fingerprint density at radius 1 is 1.00 bits per heavy atom. The summed E-state index contributed by atoms with van der Waals surface area (Å²) in [6, 6.07) is 13.4. The quantitative estimate of drug-likeness (QED) is 0.262. The maximum absolute atomic E-state index is 13.4. The van der Waals surface area contributed by atoms with Gasteiger partial charge in [0.25, 0.3) is 0 Å². The molecule has 11 heteroatoms. The third-order valence-corrected chi connectivity index (χ3v) is 6.68. The van der Waals surface area contributed by atoms with Gasteiger partial charge in [-0.15, -0.1) is 5.10 Å². The van der Waals surface area contributed by atoms with E-state index in [9.17, 15) is 24.6 Å². The Balaban J connectivity index is 1.90. The third kappa shape index (κ3) is 6.08. The van der Waals surface area contributed by atoms with Gasteiger partial charge in [0.1, 0.15) is 37.2 Å². The van der Waals surface area contributed by atoms with Crippen molar-refractivity contribution in [1.29, 1.82) is 15.8 Å². The molecule has 1 atom stereocenters. The van der Waals surface area contributed by atoms with E-state index in [-0.39, 0.29) is 11.0 Å². The van der Waals surface area contributed by atoms with E-state index in [0.717, 1.165) is 4.68 Å². The molecular weight excluding hydrogens is 524 g/mol. The van der Waals surface area contributed by atoms with Crippen molar-refractivity contribution in [1.82, 2.24) is 20.0 Å². The number of hydrogen-bond donors (Lipinski definition) is 2. The molecule has 0 saturated carbocycles. The first-order valence-electron chi connectivity index (χ1n) is 12.9. The molecule has 0 spiro atoms. The Kier molecular flexibility index (Phi) is 8.45. The topological polar surface area (TPSA) is 139 Å². The van der Waals surface area contributed by atoms with Crippen molar-refractivity contribution in [3.05, 3.63) is 76.2 Å². The van der Waals surface area contributed by atoms with Crippen molar-refractivity contribution in [3.8, 4) is 18.2 Å². The Morgan fingerprint density at radius 2 is 1.71 bits per heavy atom. The van der Waals surface area contributed by atoms with Crippen LogP contribution in [0.15, 0.2) is 42.7 Å². The molecule has 0 amide bonds. The number of alkyl halides is 2. The highest BCUT2D eigenvalue weighted by atomic mass is 19.1. The molecule has 0 saturated heterocycles. The molecule has 0 aliphatic carbocycles. The molecule has 208 valence electrons. The fourth-order valence-electron chi connectivity index (χ4n) is 4.45. The monoisotopic (exact) mass is 553 g/mol. The van der Waals surface area contributed by atoms with Gasteiger partial charge in [0.15, 0.2) is 0 Å². The SMILES string of the molecule is Cc1c(C#N)cccc1[C@H](Nc1cc(C#N)c2ncc(C#N)c(NCC(C)(C)C)c2c1)c1cn(C(CF)CF)nn1. The zero-order chi connectivity index (χ0) is 29.7. The number of anilines is 2. The second-order valence-electron chi connectivity index (χ2n) is 10.9. The van der Waals surface area contributed by atoms with E-state index in [1.165, 1.54) is 12.4 Å². The molecule has 2 heterocycles. The number of halogens is 2. The predicted octanol–water partition coefficient (Wildman–Crippen LogP) is 5.89. The van der Waals surface area contributed by atoms with Crippen LogP contribution in [-0.2, 0) is 0 Å². The molecular formula is C30H29F2N9. The zero-order valence-corrected chi connectivity index (χ0v) is 23.2. The van der Waals surface area contributed by atoms with Gasteiger partial charge in [-0.2, -0.15) is 15.8 Å². The number of aromatic nitrogens is 4. The van der Waals surface area contributed by atoms with Crippen LogP contribution in [0.1, 0.15) is 66.4 Å². The van der Waals surface area contributed by atoms with Gasteiger partial charge in [0.05, 0.1) is 46.2 Å². The van der Waals surface area contributed by atoms with E-state index in [1.807, 2.05) is 6.07 Å². The number of nitriles is 3. The predicted molar refractivity (Wildman–Crippen MR) is 151 cm³/mol. The fourth-order valence-corrected chi connectivity index (χ4v) is 4.45. The molecule has 41 heavy (non-hydrogen) atoms. The van der Waals surface area contributed by atoms with E-state index in [2.05, 4.69) is 64.9 Å². The molecule has 2 aromatic carbocycles. The largest absolute Gasteiger partial charge is 0.383 e. The van der Waals surface area contributed by atoms with Gasteiger partial charge >= 0.3 is 0 Å². The highest BCUT2D eigenvalue weighted by molar-refractivity contribution is 5.99. The maximum atomic E-state index is 13.4. The van der Waals surface area contributed by atoms with E-state index >= 15 is 0 Å². The minimum Gasteiger partial charge on any atom is -0.383 e. The summed E-state index contributed by atoms with van der Waals surface area (Å²) in [6.45, 7) is 6.66. The minimum absolute atomic E-state index is 0.0898. The molecule has 2 aromatic heterocycles. The van der Waals surface area contributed by atoms with Gasteiger partial charge in [-0.05, 0) is 41.7 Å². The molecule has 0 fully saturated rings. The van der Waals surface area contributed by atoms with Crippen LogP contribution in [0.3, 0.4) is 0 Å². The van der Waals surface area contributed by atoms with Crippen molar-refractivity contribution < 1.29 is 8.78 Å². The Morgan fingerprint density at radius 3 is 2.34 bits per heavy atom. The van der Waals surface area contributed by atoms with Crippen molar-refractivity contribution >= 4 is 22.3 Å². The summed E-state index contributed by atoms with van der Waals surface area (Å²) in [5.41, 5.74) is 4.25. The average molecular weight is 554 g/mol. The van der Waals surface area contributed by atoms with Crippen LogP contribution in [-0.4, -0.2) is 39.9 Å². The molecule has 9 nitrogen and oxygen atoms in total. The summed E-state index contributed by atoms with van der Waals surface area (Å²) in [7, 11) is 0. The van der Waals surface area contributed by atoms with Crippen LogP contribution in [0.25, 0.3) is 10.9 Å². The average Bonchev–Trinajstić information content (AvgIpc) is 3.44. The second kappa shape index (κ2) is 12.0. The van der Waals surface area contributed by atoms with Crippen LogP contribution in [0.5, 0.6) is 0 Å². The smallest absolute Gasteiger partial charge is 0.114 e. The zero-order valence-electron chi connectivity index (χ0n) is 23.2. The van der Waals surface area contributed by atoms with Crippen LogP contribution < -0.4 is 10.6 Å². The van der Waals surface area contributed by atoms with Crippen molar-refractivity contribution in [2.75, 3.05) is 30.5 Å². The lowest BCUT2D eigenvalue weighted by atomic mass is 9.94. The third-order valence-electron chi connectivity index (χ3n) is 6.68. The molecule has 0 bridgehead atoms. The molecule has 2 N–H and O–H groups in total. The van der Waals surface area contributed by atoms with Gasteiger partial charge in [-0.3, -0.25) is 4.98 Å². The van der Waals surface area contributed by atoms with E-state index in [4.69, 9.17) is 0 Å². The van der Waals surface area contributed by atoms with Crippen molar-refractivity contribution in [2.24, 2.45) is 5.41 Å². The van der Waals surface area contributed by atoms with Crippen LogP contribution in [0.4, 0.5) is 20.2 Å². The highest BCUT2D eigenvalue weighted by Gasteiger charge is 2.24. The highest BCUT2D eigenvalue weighted by Crippen LogP contribution is 2.35. The molecule has 0 unspecified atom stereocenters. The number of rotatable bonds is 9. The lowest BCUT2D eigenvalue weighted by Gasteiger charge is -2.23. The number of benzene rings is 2. The summed E-state index contributed by atoms with van der Waals surface area (Å²) < 4.78 is 28.0. The van der Waals surface area contributed by atoms with Crippen molar-refractivity contribution in [3.63, 3.8) is 0 Å². The lowest BCUT2D eigenvalue weighted by Crippen LogP contribution is -2.20. The summed E-state index contributed by atoms with van der Waals surface area (Å²) in [4.78, 5) is 4.40. The van der Waals surface area contributed by atoms with Gasteiger partial charge < -0.3 is 10.6 Å². The first-order chi connectivity index (χ1) is 19.6. The van der Waals surface area contributed by atoms with Crippen LogP contribution >= 0.6 is 0 Å². The number of nitrogens with one attached hydrogen (secondary N) is 2. The normalized spacial score (nSPS) is 12.0. The Bertz CT molecular complexity index is 1700. The fraction of sp³-hybridized carbons (Fsp3) is 0.333. The maximum Gasteiger partial charge on any atom is 0.114 e. The number of hydrogen-bond acceptors (Lipinski definition) is 8. The van der Waals surface area contributed by atoms with Gasteiger partial charge in [-0.1, -0.05) is 38.1 Å². The van der Waals surface area contributed by atoms with Crippen molar-refractivity contribution in [2.45, 2.75) is 39.8 Å². The summed E-state index contributed by atoms with van der Waals surface area (Å²) in [5, 5.41) is 44.9. The molecule has 4 rings (SSSR count). The second-order valence-corrected chi connectivity index (χ2v) is 10.9. The summed E-state index contributed by atoms with van der Waals surface area (Å²) >= 11 is 0. The first-order valence-corrected chi connectivity index (χ1v) is 12.9. The molecule has 4 aromatic rings. The Labute approximate surface area is 237 Å². The molecule has 0 radical (unpaired) electrons. The van der Waals surface area contributed by atoms with Gasteiger partial charge in [0.2, 0.25) is 0 Å². The first kappa shape index (κ1) is 28.9. The lowest BCUT2D eigenvalue weighted by molar-refractivity contribution is 0.269. The molecule has 0 aliphatic rings. The summed E-state index contributed by atoms with van der Waals surface area (Å²) in [5.74, 6) is 0. The van der Waals surface area contributed by atoms with E-state index < -0.39 is 25.4 Å². The van der Waals surface area contributed by atoms with Gasteiger partial charge in [-0.25, -0.2) is 13.5 Å². The minimum atomic E-state index is -1.11. The number of pyridine rings is 1. The van der Waals surface area contributed by atoms with Crippen LogP contribution in [0, 0.1) is 46.3 Å². The van der Waals surface area contributed by atoms with Gasteiger partial charge in [0, 0.05) is 23.8 Å².